The molecule has 0 radical (unpaired) electrons. The number of morpholine rings is 1. The normalized spacial score (nSPS) is 18.1. The van der Waals surface area contributed by atoms with Crippen LogP contribution >= 0.6 is 106 Å². The van der Waals surface area contributed by atoms with Crippen LogP contribution in [0, 0.1) is 5.41 Å². The van der Waals surface area contributed by atoms with Crippen molar-refractivity contribution >= 4 is 112 Å². The lowest BCUT2D eigenvalue weighted by Crippen LogP contribution is -2.57. The maximum Gasteiger partial charge on any atom is 0.231 e. The summed E-state index contributed by atoms with van der Waals surface area (Å²) in [6.07, 6.45) is 13.2. The Morgan fingerprint density at radius 3 is 1.36 bits per heavy atom. The molecule has 1 aliphatic carbocycles. The molecule has 4 N–H and O–H groups in total. The van der Waals surface area contributed by atoms with Crippen LogP contribution in [0.15, 0.2) is 311 Å². The van der Waals surface area contributed by atoms with Crippen LogP contribution in [0.4, 0.5) is 5.69 Å². The van der Waals surface area contributed by atoms with Crippen molar-refractivity contribution in [1.29, 1.82) is 0 Å². The second-order valence-corrected chi connectivity index (χ2v) is 39.9. The molecule has 22 heteroatoms. The third-order valence-electron chi connectivity index (χ3n) is 21.5. The first kappa shape index (κ1) is 91.0. The number of anilines is 1. The molecule has 14 aliphatic heterocycles. The van der Waals surface area contributed by atoms with Crippen molar-refractivity contribution in [3.8, 4) is 40.2 Å². The Labute approximate surface area is 762 Å². The molecule has 0 aromatic heterocycles. The van der Waals surface area contributed by atoms with Crippen LogP contribution in [0.5, 0.6) is 40.2 Å². The Balaban J connectivity index is 0.000000108. The van der Waals surface area contributed by atoms with E-state index in [4.69, 9.17) is 37.9 Å². The van der Waals surface area contributed by atoms with E-state index >= 15 is 0 Å². The number of piperazine rings is 1. The number of hydrogen-bond acceptors (Lipinski definition) is 22. The molecule has 640 valence electrons. The summed E-state index contributed by atoms with van der Waals surface area (Å²) in [6, 6.07) is 92.0. The Morgan fingerprint density at radius 1 is 0.320 bits per heavy atom. The van der Waals surface area contributed by atoms with Crippen molar-refractivity contribution in [2.24, 2.45) is 5.41 Å². The summed E-state index contributed by atoms with van der Waals surface area (Å²) in [6.45, 7) is 14.6. The number of para-hydroxylation sites is 8. The van der Waals surface area contributed by atoms with E-state index in [9.17, 15) is 0 Å². The molecule has 0 amide bonds. The first-order valence-electron chi connectivity index (χ1n) is 42.7. The Morgan fingerprint density at radius 2 is 0.795 bits per heavy atom. The smallest absolute Gasteiger partial charge is 0.231 e. The van der Waals surface area contributed by atoms with Crippen molar-refractivity contribution < 1.29 is 37.9 Å². The number of aryl methyl sites for hydroxylation is 4. The standard InChI is InChI=1S/C9H11N.C9H10O.C9H10S.C8H8O2.C8H8OS.C8H8S2.C8H8S.C7H14N2O.C7H7NS.C7H6O2.C7H6OS.C7H6S2.C6H11N/c3*1-2-6-9-8(4-1)5-3-7-10-9;3*1-2-4-8-7(3-1)9-5-6-10-8;1-2-4-8-7(3-1)5-6-9-8;1-2-9-3-4-10-6-7(9)5-8-1;1-2-4-7-6(3-1)5-8-9-7;3*1-2-4-7-6(3-1)8-5-9-7;1-2-6(3-1)4-7-5-6/h1-2,4,6,10H,3,5,7H2;2*1-2,4,6H,3,5,7H2;3*1-4H,5-6H2;1-4H,5-6H2;7-8H,1-6H2;1-4,8H,5H2;3*1-4H,5H2;7H,1-5H2. The SMILES string of the molecule is C1CC2(C1)CNC2.C1CN2CCOCC2CN1.c1ccc2c(c1)CCCN2.c1ccc2c(c1)CCCO2.c1ccc2c(c1)CCCS2.c1ccc2c(c1)CCS2.c1ccc2c(c1)CNS2.c1ccc2c(c1)OCCO2.c1ccc2c(c1)OCCS2.c1ccc2c(c1)OCO2.c1ccc2c(c1)OCS2.c1ccc2c(c1)SCCS2.c1ccc2c(c1)SCS2. The van der Waals surface area contributed by atoms with E-state index in [1.54, 1.807) is 29.3 Å². The van der Waals surface area contributed by atoms with Gasteiger partial charge in [-0.2, -0.15) is 0 Å². The number of ether oxygens (including phenoxy) is 8. The minimum Gasteiger partial charge on any atom is -0.493 e. The van der Waals surface area contributed by atoms with Crippen molar-refractivity contribution in [3.05, 3.63) is 295 Å². The van der Waals surface area contributed by atoms with Crippen molar-refractivity contribution in [1.82, 2.24) is 20.3 Å². The number of hydrogen-bond donors (Lipinski definition) is 4. The highest BCUT2D eigenvalue weighted by atomic mass is 32.2. The molecule has 122 heavy (non-hydrogen) atoms. The van der Waals surface area contributed by atoms with E-state index in [-0.39, 0.29) is 0 Å². The summed E-state index contributed by atoms with van der Waals surface area (Å²) < 4.78 is 45.4. The zero-order valence-corrected chi connectivity index (χ0v) is 76.8. The first-order chi connectivity index (χ1) is 60.5. The summed E-state index contributed by atoms with van der Waals surface area (Å²) in [5.74, 6) is 13.5. The number of nitrogens with one attached hydrogen (secondary N) is 4. The molecule has 11 aromatic carbocycles. The van der Waals surface area contributed by atoms with Crippen LogP contribution in [0.2, 0.25) is 0 Å². The fourth-order valence-electron chi connectivity index (χ4n) is 14.8. The van der Waals surface area contributed by atoms with Gasteiger partial charge in [-0.15, -0.1) is 82.3 Å². The van der Waals surface area contributed by atoms with E-state index in [0.29, 0.717) is 26.0 Å². The minimum absolute atomic E-state index is 0.360. The number of thioether (sulfide) groups is 8. The van der Waals surface area contributed by atoms with Crippen LogP contribution in [-0.2, 0) is 37.0 Å². The van der Waals surface area contributed by atoms with Gasteiger partial charge in [0.25, 0.3) is 0 Å². The number of nitrogens with zero attached hydrogens (tertiary/aromatic N) is 1. The molecule has 11 aromatic rings. The van der Waals surface area contributed by atoms with Gasteiger partial charge >= 0.3 is 0 Å². The second kappa shape index (κ2) is 51.4. The van der Waals surface area contributed by atoms with Crippen LogP contribution in [0.25, 0.3) is 0 Å². The predicted octanol–water partition coefficient (Wildman–Crippen LogP) is 23.9. The Bertz CT molecular complexity index is 3960. The summed E-state index contributed by atoms with van der Waals surface area (Å²) in [4.78, 5) is 15.2. The molecule has 1 saturated carbocycles. The van der Waals surface area contributed by atoms with Gasteiger partial charge in [0.15, 0.2) is 23.0 Å². The van der Waals surface area contributed by atoms with Gasteiger partial charge < -0.3 is 53.8 Å². The fraction of sp³-hybridized carbons (Fsp3) is 0.340. The van der Waals surface area contributed by atoms with Gasteiger partial charge in [-0.3, -0.25) is 9.62 Å². The van der Waals surface area contributed by atoms with Crippen molar-refractivity contribution in [2.45, 2.75) is 121 Å². The number of rotatable bonds is 0. The molecule has 1 atom stereocenters. The third kappa shape index (κ3) is 29.2. The summed E-state index contributed by atoms with van der Waals surface area (Å²) in [5.41, 5.74) is 9.47. The topological polar surface area (TPSA) is 125 Å². The van der Waals surface area contributed by atoms with Crippen molar-refractivity contribution in [3.63, 3.8) is 0 Å². The largest absolute Gasteiger partial charge is 0.493 e. The molecule has 14 heterocycles. The summed E-state index contributed by atoms with van der Waals surface area (Å²) in [7, 11) is 0. The zero-order chi connectivity index (χ0) is 82.9. The van der Waals surface area contributed by atoms with Gasteiger partial charge in [-0.1, -0.05) is 182 Å². The first-order valence-corrected chi connectivity index (χ1v) is 51.4. The Hall–Kier alpha value is -7.23. The van der Waals surface area contributed by atoms with Gasteiger partial charge in [-0.05, 0) is 212 Å². The van der Waals surface area contributed by atoms with E-state index in [0.717, 1.165) is 123 Å². The lowest BCUT2D eigenvalue weighted by Gasteiger charge is -2.49. The molecule has 1 unspecified atom stereocenters. The van der Waals surface area contributed by atoms with Crippen LogP contribution < -0.4 is 53.8 Å². The average molecular weight is 1800 g/mol. The zero-order valence-electron chi connectivity index (χ0n) is 69.5. The second-order valence-electron chi connectivity index (χ2n) is 30.0. The molecule has 26 rings (SSSR count). The number of fused-ring (bicyclic) bond motifs is 12. The van der Waals surface area contributed by atoms with Gasteiger partial charge in [0, 0.05) is 131 Å². The van der Waals surface area contributed by atoms with Crippen LogP contribution in [-0.4, -0.2) is 143 Å². The van der Waals surface area contributed by atoms with Gasteiger partial charge in [0.05, 0.1) is 31.3 Å². The molecule has 0 bridgehead atoms. The molecule has 13 nitrogen and oxygen atoms in total. The molecular formula is C100H113N5O8S9. The van der Waals surface area contributed by atoms with E-state index < -0.39 is 0 Å². The lowest BCUT2D eigenvalue weighted by atomic mass is 9.65. The van der Waals surface area contributed by atoms with Crippen molar-refractivity contribution in [2.75, 3.05) is 137 Å². The van der Waals surface area contributed by atoms with Gasteiger partial charge in [-0.25, -0.2) is 0 Å². The monoisotopic (exact) mass is 1800 g/mol. The lowest BCUT2D eigenvalue weighted by molar-refractivity contribution is -0.0168. The minimum atomic E-state index is 0.360. The van der Waals surface area contributed by atoms with Gasteiger partial charge in [0.2, 0.25) is 6.79 Å². The fourth-order valence-corrected chi connectivity index (χ4v) is 23.9. The maximum absolute atomic E-state index is 5.42. The van der Waals surface area contributed by atoms with E-state index in [1.807, 2.05) is 179 Å². The summed E-state index contributed by atoms with van der Waals surface area (Å²) >= 11 is 17.1. The Kier molecular flexibility index (Phi) is 38.3. The van der Waals surface area contributed by atoms with E-state index in [2.05, 4.69) is 195 Å². The quantitative estimate of drug-likeness (QED) is 0.108. The molecule has 1 spiro atoms. The average Bonchev–Trinajstić information content (AvgIpc) is 1.02. The van der Waals surface area contributed by atoms with E-state index in [1.165, 1.54) is 178 Å². The van der Waals surface area contributed by atoms with Gasteiger partial charge in [0.1, 0.15) is 36.4 Å². The molecule has 3 saturated heterocycles. The molecule has 4 fully saturated rings. The highest BCUT2D eigenvalue weighted by Gasteiger charge is 2.42. The maximum atomic E-state index is 5.42. The highest BCUT2D eigenvalue weighted by molar-refractivity contribution is 8.18. The molecular weight excluding hydrogens is 1690 g/mol. The number of benzene rings is 11. The summed E-state index contributed by atoms with van der Waals surface area (Å²) in [5, 5.41) is 11.2. The van der Waals surface area contributed by atoms with Crippen LogP contribution in [0.1, 0.15) is 66.3 Å². The predicted molar refractivity (Wildman–Crippen MR) is 519 cm³/mol. The molecule has 15 aliphatic rings. The highest BCUT2D eigenvalue weighted by Crippen LogP contribution is 2.44. The third-order valence-corrected chi connectivity index (χ3v) is 31.6. The van der Waals surface area contributed by atoms with Crippen LogP contribution in [0.3, 0.4) is 0 Å².